The average Bonchev–Trinajstić information content (AvgIpc) is 3.18. The largest absolute Gasteiger partial charge is 0.179 e. The molecule has 3 aromatic carbocycles. The van der Waals surface area contributed by atoms with Crippen molar-refractivity contribution in [3.05, 3.63) is 113 Å². The Balaban J connectivity index is 2.13. The molecule has 0 unspecified atom stereocenters. The van der Waals surface area contributed by atoms with Crippen molar-refractivity contribution in [3.63, 3.8) is 0 Å². The summed E-state index contributed by atoms with van der Waals surface area (Å²) >= 11 is 0. The summed E-state index contributed by atoms with van der Waals surface area (Å²) in [5.74, 6) is 0. The van der Waals surface area contributed by atoms with E-state index in [4.69, 9.17) is 0 Å². The average molecular weight is 366 g/mol. The predicted octanol–water partition coefficient (Wildman–Crippen LogP) is 4.31. The summed E-state index contributed by atoms with van der Waals surface area (Å²) in [4.78, 5) is 0. The summed E-state index contributed by atoms with van der Waals surface area (Å²) in [6.07, 6.45) is 9.20. The standard InChI is InChI=1S/C26H25Si/c1-20-9-6-14-24(17-20)27(23-12-4-5-13-23,25-15-7-10-21(2)18-25)26-16-8-11-22(3)19-26/h4,6-12,14-19H,5H2,1-3H3. The SMILES string of the molecule is Cc1cccc([Si](C2=[C]CC=C2)(c2cccc(C)c2)c2cccc(C)c2)c1. The molecule has 1 heteroatoms. The van der Waals surface area contributed by atoms with E-state index in [0.29, 0.717) is 0 Å². The van der Waals surface area contributed by atoms with Gasteiger partial charge in [-0.3, -0.25) is 0 Å². The summed E-state index contributed by atoms with van der Waals surface area (Å²) < 4.78 is 0. The zero-order chi connectivity index (χ0) is 18.9. The highest BCUT2D eigenvalue weighted by Gasteiger charge is 2.43. The molecule has 27 heavy (non-hydrogen) atoms. The molecule has 1 aliphatic carbocycles. The molecule has 0 saturated heterocycles. The van der Waals surface area contributed by atoms with E-state index in [1.54, 1.807) is 0 Å². The van der Waals surface area contributed by atoms with Gasteiger partial charge in [-0.15, -0.1) is 0 Å². The zero-order valence-corrected chi connectivity index (χ0v) is 17.3. The van der Waals surface area contributed by atoms with E-state index >= 15 is 0 Å². The number of hydrogen-bond donors (Lipinski definition) is 0. The summed E-state index contributed by atoms with van der Waals surface area (Å²) in [6.45, 7) is 6.58. The normalized spacial score (nSPS) is 13.7. The third-order valence-corrected chi connectivity index (χ3v) is 10.1. The number of benzene rings is 3. The van der Waals surface area contributed by atoms with Crippen molar-refractivity contribution in [1.82, 2.24) is 0 Å². The summed E-state index contributed by atoms with van der Waals surface area (Å²) in [7, 11) is -2.37. The van der Waals surface area contributed by atoms with Crippen molar-refractivity contribution in [3.8, 4) is 0 Å². The van der Waals surface area contributed by atoms with Gasteiger partial charge < -0.3 is 0 Å². The molecule has 0 aromatic heterocycles. The van der Waals surface area contributed by atoms with Crippen molar-refractivity contribution in [2.75, 3.05) is 0 Å². The first-order valence-electron chi connectivity index (χ1n) is 9.60. The van der Waals surface area contributed by atoms with Crippen molar-refractivity contribution in [2.24, 2.45) is 0 Å². The summed E-state index contributed by atoms with van der Waals surface area (Å²) in [5.41, 5.74) is 3.94. The molecule has 0 nitrogen and oxygen atoms in total. The van der Waals surface area contributed by atoms with Gasteiger partial charge in [-0.25, -0.2) is 0 Å². The number of aryl methyl sites for hydroxylation is 3. The second kappa shape index (κ2) is 7.17. The van der Waals surface area contributed by atoms with E-state index in [0.717, 1.165) is 6.42 Å². The van der Waals surface area contributed by atoms with Gasteiger partial charge in [0.05, 0.1) is 0 Å². The molecule has 3 aromatic rings. The topological polar surface area (TPSA) is 0 Å². The van der Waals surface area contributed by atoms with Crippen LogP contribution in [0.5, 0.6) is 0 Å². The second-order valence-corrected chi connectivity index (χ2v) is 11.3. The maximum Gasteiger partial charge on any atom is 0.179 e. The van der Waals surface area contributed by atoms with Crippen LogP contribution in [0.1, 0.15) is 23.1 Å². The Morgan fingerprint density at radius 3 is 1.44 bits per heavy atom. The van der Waals surface area contributed by atoms with E-state index in [1.807, 2.05) is 0 Å². The molecular formula is C26H25Si. The van der Waals surface area contributed by atoms with Crippen LogP contribution in [0.3, 0.4) is 0 Å². The van der Waals surface area contributed by atoms with Crippen molar-refractivity contribution in [1.29, 1.82) is 0 Å². The fraction of sp³-hybridized carbons (Fsp3) is 0.154. The molecule has 0 atom stereocenters. The van der Waals surface area contributed by atoms with Gasteiger partial charge >= 0.3 is 0 Å². The Morgan fingerprint density at radius 1 is 0.667 bits per heavy atom. The van der Waals surface area contributed by atoms with Crippen LogP contribution in [-0.2, 0) is 0 Å². The lowest BCUT2D eigenvalue weighted by Crippen LogP contribution is -2.68. The fourth-order valence-electron chi connectivity index (χ4n) is 4.26. The third kappa shape index (κ3) is 3.13. The van der Waals surface area contributed by atoms with Crippen LogP contribution < -0.4 is 15.6 Å². The van der Waals surface area contributed by atoms with Gasteiger partial charge in [-0.05, 0) is 54.0 Å². The molecular weight excluding hydrogens is 340 g/mol. The monoisotopic (exact) mass is 365 g/mol. The Bertz CT molecular complexity index is 928. The van der Waals surface area contributed by atoms with E-state index in [-0.39, 0.29) is 0 Å². The molecule has 0 fully saturated rings. The van der Waals surface area contributed by atoms with Crippen molar-refractivity contribution in [2.45, 2.75) is 27.2 Å². The van der Waals surface area contributed by atoms with Gasteiger partial charge in [0.15, 0.2) is 8.07 Å². The summed E-state index contributed by atoms with van der Waals surface area (Å²) in [6, 6.07) is 27.3. The smallest absolute Gasteiger partial charge is 0.0802 e. The highest BCUT2D eigenvalue weighted by Crippen LogP contribution is 2.23. The Morgan fingerprint density at radius 2 is 1.11 bits per heavy atom. The Hall–Kier alpha value is -2.64. The van der Waals surface area contributed by atoms with Gasteiger partial charge in [0.2, 0.25) is 0 Å². The van der Waals surface area contributed by atoms with Crippen LogP contribution in [0, 0.1) is 26.8 Å². The Kier molecular flexibility index (Phi) is 4.71. The lowest BCUT2D eigenvalue weighted by atomic mass is 10.2. The molecule has 1 aliphatic rings. The van der Waals surface area contributed by atoms with Crippen LogP contribution in [-0.4, -0.2) is 8.07 Å². The van der Waals surface area contributed by atoms with Crippen LogP contribution in [0.2, 0.25) is 0 Å². The minimum Gasteiger partial charge on any atom is -0.0802 e. The number of rotatable bonds is 4. The van der Waals surface area contributed by atoms with Crippen LogP contribution in [0.25, 0.3) is 0 Å². The van der Waals surface area contributed by atoms with E-state index in [1.165, 1.54) is 37.4 Å². The molecule has 0 aliphatic heterocycles. The highest BCUT2D eigenvalue weighted by molar-refractivity contribution is 7.16. The predicted molar refractivity (Wildman–Crippen MR) is 119 cm³/mol. The molecule has 0 saturated carbocycles. The lowest BCUT2D eigenvalue weighted by molar-refractivity contribution is 1.39. The first kappa shape index (κ1) is 17.8. The van der Waals surface area contributed by atoms with Crippen LogP contribution in [0.4, 0.5) is 0 Å². The molecule has 133 valence electrons. The minimum absolute atomic E-state index is 0.910. The van der Waals surface area contributed by atoms with Gasteiger partial charge in [0.1, 0.15) is 0 Å². The van der Waals surface area contributed by atoms with Gasteiger partial charge in [-0.2, -0.15) is 0 Å². The first-order valence-corrected chi connectivity index (χ1v) is 11.6. The fourth-order valence-corrected chi connectivity index (χ4v) is 9.30. The van der Waals surface area contributed by atoms with E-state index in [2.05, 4.69) is 112 Å². The number of hydrogen-bond acceptors (Lipinski definition) is 0. The molecule has 0 amide bonds. The molecule has 0 bridgehead atoms. The highest BCUT2D eigenvalue weighted by atomic mass is 28.3. The van der Waals surface area contributed by atoms with Gasteiger partial charge in [0, 0.05) is 0 Å². The maximum atomic E-state index is 3.72. The Labute approximate surface area is 163 Å². The quantitative estimate of drug-likeness (QED) is 0.477. The van der Waals surface area contributed by atoms with E-state index < -0.39 is 8.07 Å². The minimum atomic E-state index is -2.37. The van der Waals surface area contributed by atoms with E-state index in [9.17, 15) is 0 Å². The zero-order valence-electron chi connectivity index (χ0n) is 16.3. The number of allylic oxidation sites excluding steroid dienone is 4. The maximum absolute atomic E-state index is 3.72. The molecule has 0 spiro atoms. The molecule has 1 radical (unpaired) electrons. The third-order valence-electron chi connectivity index (χ3n) is 5.45. The molecule has 4 rings (SSSR count). The second-order valence-electron chi connectivity index (χ2n) is 7.56. The van der Waals surface area contributed by atoms with Crippen LogP contribution in [0.15, 0.2) is 90.1 Å². The van der Waals surface area contributed by atoms with Gasteiger partial charge in [0.25, 0.3) is 0 Å². The van der Waals surface area contributed by atoms with Crippen LogP contribution >= 0.6 is 0 Å². The summed E-state index contributed by atoms with van der Waals surface area (Å²) in [5, 5.41) is 5.69. The molecule has 0 heterocycles. The first-order chi connectivity index (χ1) is 13.1. The molecule has 0 N–H and O–H groups in total. The lowest BCUT2D eigenvalue weighted by Gasteiger charge is -2.35. The van der Waals surface area contributed by atoms with Gasteiger partial charge in [-0.1, -0.05) is 102 Å². The van der Waals surface area contributed by atoms with Crippen molar-refractivity contribution < 1.29 is 0 Å². The van der Waals surface area contributed by atoms with Crippen molar-refractivity contribution >= 4 is 23.6 Å².